The highest BCUT2D eigenvalue weighted by atomic mass is 19.4. The molecule has 140 valence electrons. The van der Waals surface area contributed by atoms with E-state index in [2.05, 4.69) is 0 Å². The molecule has 2 aromatic carbocycles. The predicted octanol–water partition coefficient (Wildman–Crippen LogP) is 4.04. The van der Waals surface area contributed by atoms with E-state index in [9.17, 15) is 13.2 Å². The zero-order valence-electron chi connectivity index (χ0n) is 14.4. The van der Waals surface area contributed by atoms with Gasteiger partial charge in [0.05, 0.1) is 19.3 Å². The van der Waals surface area contributed by atoms with Gasteiger partial charge >= 0.3 is 6.18 Å². The van der Waals surface area contributed by atoms with Crippen molar-refractivity contribution in [2.75, 3.05) is 19.7 Å². The van der Waals surface area contributed by atoms with Gasteiger partial charge in [-0.1, -0.05) is 60.7 Å². The molecule has 0 aliphatic carbocycles. The van der Waals surface area contributed by atoms with E-state index < -0.39 is 18.4 Å². The average Bonchev–Trinajstić information content (AvgIpc) is 2.63. The molecule has 0 aromatic heterocycles. The van der Waals surface area contributed by atoms with Crippen molar-refractivity contribution < 1.29 is 22.6 Å². The molecule has 0 radical (unpaired) electrons. The molecule has 0 saturated carbocycles. The van der Waals surface area contributed by atoms with Crippen LogP contribution in [0.1, 0.15) is 11.1 Å². The number of morpholine rings is 1. The molecule has 0 bridgehead atoms. The first-order valence-electron chi connectivity index (χ1n) is 8.61. The third kappa shape index (κ3) is 5.56. The molecule has 2 aromatic rings. The number of hydrogen-bond donors (Lipinski definition) is 0. The SMILES string of the molecule is FC(F)(F)[C@@H]1CN(Cc2ccccc2)C[C@H](COCc2ccccc2)O1. The lowest BCUT2D eigenvalue weighted by molar-refractivity contribution is -0.259. The van der Waals surface area contributed by atoms with Crippen molar-refractivity contribution in [2.45, 2.75) is 31.5 Å². The van der Waals surface area contributed by atoms with Crippen molar-refractivity contribution in [1.29, 1.82) is 0 Å². The van der Waals surface area contributed by atoms with Crippen LogP contribution in [0.3, 0.4) is 0 Å². The van der Waals surface area contributed by atoms with Gasteiger partial charge in [-0.25, -0.2) is 0 Å². The second kappa shape index (κ2) is 8.66. The molecular weight excluding hydrogens is 343 g/mol. The lowest BCUT2D eigenvalue weighted by Gasteiger charge is -2.38. The first kappa shape index (κ1) is 18.9. The number of alkyl halides is 3. The highest BCUT2D eigenvalue weighted by Crippen LogP contribution is 2.28. The Kier molecular flexibility index (Phi) is 6.29. The minimum atomic E-state index is -4.38. The maximum absolute atomic E-state index is 13.2. The van der Waals surface area contributed by atoms with Crippen LogP contribution < -0.4 is 0 Å². The maximum Gasteiger partial charge on any atom is 0.415 e. The van der Waals surface area contributed by atoms with Crippen LogP contribution in [0.15, 0.2) is 60.7 Å². The summed E-state index contributed by atoms with van der Waals surface area (Å²) < 4.78 is 50.5. The van der Waals surface area contributed by atoms with E-state index in [0.717, 1.165) is 11.1 Å². The summed E-state index contributed by atoms with van der Waals surface area (Å²) in [6.07, 6.45) is -6.78. The summed E-state index contributed by atoms with van der Waals surface area (Å²) in [6.45, 7) is 1.21. The summed E-state index contributed by atoms with van der Waals surface area (Å²) in [5, 5.41) is 0. The van der Waals surface area contributed by atoms with Gasteiger partial charge in [0.15, 0.2) is 6.10 Å². The van der Waals surface area contributed by atoms with Gasteiger partial charge in [-0.05, 0) is 11.1 Å². The molecule has 6 heteroatoms. The molecule has 1 fully saturated rings. The standard InChI is InChI=1S/C20H22F3NO2/c21-20(22,23)19-13-24(11-16-7-3-1-4-8-16)12-18(26-19)15-25-14-17-9-5-2-6-10-17/h1-10,18-19H,11-15H2/t18-,19+/m1/s1. The Balaban J connectivity index is 1.58. The fraction of sp³-hybridized carbons (Fsp3) is 0.400. The quantitative estimate of drug-likeness (QED) is 0.771. The van der Waals surface area contributed by atoms with Crippen molar-refractivity contribution in [2.24, 2.45) is 0 Å². The van der Waals surface area contributed by atoms with Gasteiger partial charge in [0, 0.05) is 19.6 Å². The van der Waals surface area contributed by atoms with E-state index in [1.54, 1.807) is 4.90 Å². The Morgan fingerprint density at radius 2 is 1.54 bits per heavy atom. The number of hydrogen-bond acceptors (Lipinski definition) is 3. The van der Waals surface area contributed by atoms with E-state index in [1.807, 2.05) is 60.7 Å². The Bertz CT molecular complexity index is 664. The lowest BCUT2D eigenvalue weighted by atomic mass is 10.1. The summed E-state index contributed by atoms with van der Waals surface area (Å²) in [5.74, 6) is 0. The van der Waals surface area contributed by atoms with Gasteiger partial charge in [0.25, 0.3) is 0 Å². The Hall–Kier alpha value is -1.89. The molecule has 0 unspecified atom stereocenters. The fourth-order valence-corrected chi connectivity index (χ4v) is 3.04. The van der Waals surface area contributed by atoms with Gasteiger partial charge in [-0.15, -0.1) is 0 Å². The van der Waals surface area contributed by atoms with Crippen molar-refractivity contribution in [3.8, 4) is 0 Å². The summed E-state index contributed by atoms with van der Waals surface area (Å²) in [7, 11) is 0. The summed E-state index contributed by atoms with van der Waals surface area (Å²) in [6, 6.07) is 19.0. The lowest BCUT2D eigenvalue weighted by Crippen LogP contribution is -2.53. The molecule has 0 N–H and O–H groups in total. The topological polar surface area (TPSA) is 21.7 Å². The van der Waals surface area contributed by atoms with Crippen LogP contribution in [0, 0.1) is 0 Å². The van der Waals surface area contributed by atoms with Gasteiger partial charge in [0.2, 0.25) is 0 Å². The number of ether oxygens (including phenoxy) is 2. The van der Waals surface area contributed by atoms with Crippen LogP contribution in [0.5, 0.6) is 0 Å². The zero-order valence-corrected chi connectivity index (χ0v) is 14.4. The van der Waals surface area contributed by atoms with E-state index in [-0.39, 0.29) is 13.2 Å². The highest BCUT2D eigenvalue weighted by molar-refractivity contribution is 5.15. The highest BCUT2D eigenvalue weighted by Gasteiger charge is 2.45. The molecule has 1 saturated heterocycles. The van der Waals surface area contributed by atoms with Crippen LogP contribution in [0.4, 0.5) is 13.2 Å². The third-order valence-electron chi connectivity index (χ3n) is 4.27. The first-order valence-corrected chi connectivity index (χ1v) is 8.61. The number of rotatable bonds is 6. The monoisotopic (exact) mass is 365 g/mol. The summed E-state index contributed by atoms with van der Waals surface area (Å²) >= 11 is 0. The molecule has 3 rings (SSSR count). The van der Waals surface area contributed by atoms with Crippen molar-refractivity contribution >= 4 is 0 Å². The second-order valence-corrected chi connectivity index (χ2v) is 6.47. The van der Waals surface area contributed by atoms with Crippen molar-refractivity contribution in [3.05, 3.63) is 71.8 Å². The summed E-state index contributed by atoms with van der Waals surface area (Å²) in [5.41, 5.74) is 1.97. The van der Waals surface area contributed by atoms with Crippen LogP contribution in [-0.4, -0.2) is 43.0 Å². The zero-order chi connectivity index (χ0) is 18.4. The molecule has 26 heavy (non-hydrogen) atoms. The Labute approximate surface area is 151 Å². The molecule has 1 aliphatic heterocycles. The van der Waals surface area contributed by atoms with Crippen LogP contribution in [-0.2, 0) is 22.6 Å². The van der Waals surface area contributed by atoms with Gasteiger partial charge < -0.3 is 9.47 Å². The number of nitrogens with zero attached hydrogens (tertiary/aromatic N) is 1. The minimum Gasteiger partial charge on any atom is -0.374 e. The summed E-state index contributed by atoms with van der Waals surface area (Å²) in [4.78, 5) is 1.79. The Morgan fingerprint density at radius 3 is 2.15 bits per heavy atom. The smallest absolute Gasteiger partial charge is 0.374 e. The second-order valence-electron chi connectivity index (χ2n) is 6.47. The molecular formula is C20H22F3NO2. The average molecular weight is 365 g/mol. The van der Waals surface area contributed by atoms with E-state index >= 15 is 0 Å². The minimum absolute atomic E-state index is 0.132. The molecule has 1 aliphatic rings. The van der Waals surface area contributed by atoms with Crippen LogP contribution in [0.25, 0.3) is 0 Å². The number of benzene rings is 2. The molecule has 2 atom stereocenters. The maximum atomic E-state index is 13.2. The molecule has 3 nitrogen and oxygen atoms in total. The number of halogens is 3. The van der Waals surface area contributed by atoms with Crippen molar-refractivity contribution in [3.63, 3.8) is 0 Å². The fourth-order valence-electron chi connectivity index (χ4n) is 3.04. The molecule has 1 heterocycles. The normalized spacial score (nSPS) is 21.7. The van der Waals surface area contributed by atoms with Gasteiger partial charge in [-0.3, -0.25) is 4.90 Å². The third-order valence-corrected chi connectivity index (χ3v) is 4.27. The van der Waals surface area contributed by atoms with E-state index in [4.69, 9.17) is 9.47 Å². The van der Waals surface area contributed by atoms with E-state index in [1.165, 1.54) is 0 Å². The van der Waals surface area contributed by atoms with Gasteiger partial charge in [-0.2, -0.15) is 13.2 Å². The predicted molar refractivity (Wildman–Crippen MR) is 92.5 cm³/mol. The molecule has 0 amide bonds. The first-order chi connectivity index (χ1) is 12.5. The van der Waals surface area contributed by atoms with Crippen LogP contribution >= 0.6 is 0 Å². The Morgan fingerprint density at radius 1 is 0.923 bits per heavy atom. The largest absolute Gasteiger partial charge is 0.415 e. The van der Waals surface area contributed by atoms with Crippen LogP contribution in [0.2, 0.25) is 0 Å². The van der Waals surface area contributed by atoms with E-state index in [0.29, 0.717) is 19.7 Å². The molecule has 0 spiro atoms. The van der Waals surface area contributed by atoms with Gasteiger partial charge in [0.1, 0.15) is 0 Å². The van der Waals surface area contributed by atoms with Crippen molar-refractivity contribution in [1.82, 2.24) is 4.90 Å².